The second-order valence-corrected chi connectivity index (χ2v) is 7.98. The molecular formula is C14H21BrClN3O3S. The highest BCUT2D eigenvalue weighted by Crippen LogP contribution is 2.14. The van der Waals surface area contributed by atoms with E-state index in [1.807, 2.05) is 6.92 Å². The molecule has 1 amide bonds. The maximum Gasteiger partial charge on any atom is 0.240 e. The van der Waals surface area contributed by atoms with Crippen LogP contribution in [0.15, 0.2) is 33.6 Å². The van der Waals surface area contributed by atoms with E-state index in [1.165, 1.54) is 12.1 Å². The van der Waals surface area contributed by atoms with Crippen molar-refractivity contribution in [2.75, 3.05) is 26.2 Å². The number of halogens is 2. The molecule has 0 bridgehead atoms. The molecule has 130 valence electrons. The van der Waals surface area contributed by atoms with Crippen LogP contribution in [0.2, 0.25) is 0 Å². The molecular weight excluding hydrogens is 406 g/mol. The van der Waals surface area contributed by atoms with Gasteiger partial charge in [-0.05, 0) is 31.2 Å². The van der Waals surface area contributed by atoms with Crippen LogP contribution >= 0.6 is 28.3 Å². The van der Waals surface area contributed by atoms with E-state index >= 15 is 0 Å². The number of nitrogens with zero attached hydrogens (tertiary/aromatic N) is 1. The molecule has 2 N–H and O–H groups in total. The molecule has 1 aliphatic rings. The Morgan fingerprint density at radius 2 is 2.04 bits per heavy atom. The van der Waals surface area contributed by atoms with Crippen LogP contribution in [0.1, 0.15) is 13.3 Å². The first-order valence-corrected chi connectivity index (χ1v) is 9.42. The zero-order valence-electron chi connectivity index (χ0n) is 12.8. The van der Waals surface area contributed by atoms with Crippen LogP contribution in [-0.4, -0.2) is 51.4 Å². The van der Waals surface area contributed by atoms with Crippen molar-refractivity contribution < 1.29 is 13.2 Å². The van der Waals surface area contributed by atoms with Crippen LogP contribution < -0.4 is 10.0 Å². The van der Waals surface area contributed by atoms with Crippen molar-refractivity contribution in [3.63, 3.8) is 0 Å². The lowest BCUT2D eigenvalue weighted by Gasteiger charge is -2.32. The Morgan fingerprint density at radius 1 is 1.39 bits per heavy atom. The van der Waals surface area contributed by atoms with E-state index in [4.69, 9.17) is 0 Å². The van der Waals surface area contributed by atoms with Crippen LogP contribution in [0.4, 0.5) is 0 Å². The summed E-state index contributed by atoms with van der Waals surface area (Å²) in [6, 6.07) is 6.65. The minimum Gasteiger partial charge on any atom is -0.340 e. The van der Waals surface area contributed by atoms with E-state index in [9.17, 15) is 13.2 Å². The average Bonchev–Trinajstić information content (AvgIpc) is 2.47. The highest BCUT2D eigenvalue weighted by molar-refractivity contribution is 9.10. The monoisotopic (exact) mass is 425 g/mol. The van der Waals surface area contributed by atoms with Crippen LogP contribution in [-0.2, 0) is 14.8 Å². The maximum atomic E-state index is 12.1. The van der Waals surface area contributed by atoms with Gasteiger partial charge in [-0.2, -0.15) is 0 Å². The van der Waals surface area contributed by atoms with Crippen molar-refractivity contribution in [3.05, 3.63) is 28.7 Å². The summed E-state index contributed by atoms with van der Waals surface area (Å²) >= 11 is 3.26. The number of piperazine rings is 1. The number of sulfonamides is 1. The molecule has 0 spiro atoms. The first-order chi connectivity index (χ1) is 10.4. The average molecular weight is 427 g/mol. The minimum absolute atomic E-state index is 0. The highest BCUT2D eigenvalue weighted by Gasteiger charge is 2.21. The lowest BCUT2D eigenvalue weighted by molar-refractivity contribution is -0.132. The molecule has 1 fully saturated rings. The van der Waals surface area contributed by atoms with E-state index < -0.39 is 10.0 Å². The Morgan fingerprint density at radius 3 is 2.65 bits per heavy atom. The molecule has 23 heavy (non-hydrogen) atoms. The number of carbonyl (C=O) groups excluding carboxylic acids is 1. The molecule has 9 heteroatoms. The number of carbonyl (C=O) groups is 1. The fraction of sp³-hybridized carbons (Fsp3) is 0.500. The summed E-state index contributed by atoms with van der Waals surface area (Å²) in [5.74, 6) is -0.0214. The lowest BCUT2D eigenvalue weighted by atomic mass is 10.2. The molecule has 1 saturated heterocycles. The third-order valence-electron chi connectivity index (χ3n) is 3.48. The van der Waals surface area contributed by atoms with Crippen molar-refractivity contribution in [2.45, 2.75) is 24.3 Å². The lowest BCUT2D eigenvalue weighted by Crippen LogP contribution is -2.51. The van der Waals surface area contributed by atoms with Gasteiger partial charge in [0.05, 0.1) is 4.90 Å². The second-order valence-electron chi connectivity index (χ2n) is 5.30. The van der Waals surface area contributed by atoms with Gasteiger partial charge in [0.1, 0.15) is 0 Å². The summed E-state index contributed by atoms with van der Waals surface area (Å²) in [6.07, 6.45) is 0.169. The van der Waals surface area contributed by atoms with Gasteiger partial charge in [0.15, 0.2) is 0 Å². The predicted octanol–water partition coefficient (Wildman–Crippen LogP) is 1.36. The Labute approximate surface area is 151 Å². The third kappa shape index (κ3) is 6.04. The number of rotatable bonds is 5. The van der Waals surface area contributed by atoms with E-state index in [-0.39, 0.29) is 42.2 Å². The van der Waals surface area contributed by atoms with E-state index in [0.29, 0.717) is 13.1 Å². The van der Waals surface area contributed by atoms with Gasteiger partial charge in [-0.1, -0.05) is 15.9 Å². The van der Waals surface area contributed by atoms with Gasteiger partial charge < -0.3 is 10.2 Å². The first kappa shape index (κ1) is 20.4. The summed E-state index contributed by atoms with van der Waals surface area (Å²) in [7, 11) is -3.57. The van der Waals surface area contributed by atoms with Gasteiger partial charge >= 0.3 is 0 Å². The molecule has 2 rings (SSSR count). The van der Waals surface area contributed by atoms with Gasteiger partial charge in [-0.25, -0.2) is 13.1 Å². The van der Waals surface area contributed by atoms with Crippen LogP contribution in [0.3, 0.4) is 0 Å². The van der Waals surface area contributed by atoms with Crippen LogP contribution in [0.25, 0.3) is 0 Å². The Balaban J connectivity index is 0.00000264. The first-order valence-electron chi connectivity index (χ1n) is 7.15. The minimum atomic E-state index is -3.57. The predicted molar refractivity (Wildman–Crippen MR) is 95.2 cm³/mol. The summed E-state index contributed by atoms with van der Waals surface area (Å²) in [5, 5.41) is 3.26. The van der Waals surface area contributed by atoms with E-state index in [0.717, 1.165) is 11.0 Å². The van der Waals surface area contributed by atoms with Crippen molar-refractivity contribution in [3.8, 4) is 0 Å². The van der Waals surface area contributed by atoms with Gasteiger partial charge in [0.2, 0.25) is 15.9 Å². The molecule has 0 saturated carbocycles. The summed E-state index contributed by atoms with van der Waals surface area (Å²) in [4.78, 5) is 14.0. The number of nitrogens with one attached hydrogen (secondary N) is 2. The molecule has 1 heterocycles. The highest BCUT2D eigenvalue weighted by atomic mass is 79.9. The molecule has 0 aliphatic carbocycles. The van der Waals surface area contributed by atoms with Crippen molar-refractivity contribution in [1.29, 1.82) is 0 Å². The molecule has 1 unspecified atom stereocenters. The maximum absolute atomic E-state index is 12.1. The molecule has 1 aliphatic heterocycles. The van der Waals surface area contributed by atoms with Crippen molar-refractivity contribution in [1.82, 2.24) is 14.9 Å². The molecule has 1 aromatic carbocycles. The van der Waals surface area contributed by atoms with Crippen LogP contribution in [0, 0.1) is 0 Å². The van der Waals surface area contributed by atoms with Gasteiger partial charge in [-0.15, -0.1) is 12.4 Å². The smallest absolute Gasteiger partial charge is 0.240 e. The summed E-state index contributed by atoms with van der Waals surface area (Å²) in [5.41, 5.74) is 0. The standard InChI is InChI=1S/C14H20BrN3O3S.ClH/c1-11-10-18(9-8-16-11)14(19)6-7-17-22(20,21)13-4-2-12(15)3-5-13;/h2-5,11,16-17H,6-10H2,1H3;1H. The zero-order valence-corrected chi connectivity index (χ0v) is 16.0. The normalized spacial score (nSPS) is 18.3. The zero-order chi connectivity index (χ0) is 16.2. The largest absolute Gasteiger partial charge is 0.340 e. The summed E-state index contributed by atoms with van der Waals surface area (Å²) < 4.78 is 27.5. The van der Waals surface area contributed by atoms with Gasteiger partial charge in [-0.3, -0.25) is 4.79 Å². The molecule has 1 aromatic rings. The third-order valence-corrected chi connectivity index (χ3v) is 5.48. The number of hydrogen-bond donors (Lipinski definition) is 2. The Bertz CT molecular complexity index is 625. The Hall–Kier alpha value is -0.670. The Kier molecular flexibility index (Phi) is 7.96. The molecule has 0 aromatic heterocycles. The molecule has 6 nitrogen and oxygen atoms in total. The summed E-state index contributed by atoms with van der Waals surface area (Å²) in [6.45, 7) is 4.24. The van der Waals surface area contributed by atoms with E-state index in [2.05, 4.69) is 26.0 Å². The fourth-order valence-corrected chi connectivity index (χ4v) is 3.60. The van der Waals surface area contributed by atoms with Crippen molar-refractivity contribution >= 4 is 44.3 Å². The molecule has 1 atom stereocenters. The van der Waals surface area contributed by atoms with Gasteiger partial charge in [0.25, 0.3) is 0 Å². The second kappa shape index (κ2) is 8.98. The fourth-order valence-electron chi connectivity index (χ4n) is 2.31. The topological polar surface area (TPSA) is 78.5 Å². The SMILES string of the molecule is CC1CN(C(=O)CCNS(=O)(=O)c2ccc(Br)cc2)CCN1.Cl. The number of hydrogen-bond acceptors (Lipinski definition) is 4. The van der Waals surface area contributed by atoms with Gasteiger partial charge in [0, 0.05) is 43.1 Å². The van der Waals surface area contributed by atoms with E-state index in [1.54, 1.807) is 17.0 Å². The quantitative estimate of drug-likeness (QED) is 0.745. The van der Waals surface area contributed by atoms with Crippen molar-refractivity contribution in [2.24, 2.45) is 0 Å². The van der Waals surface area contributed by atoms with Crippen LogP contribution in [0.5, 0.6) is 0 Å². The number of benzene rings is 1. The molecule has 0 radical (unpaired) electrons. The number of amides is 1.